The van der Waals surface area contributed by atoms with Crippen LogP contribution in [-0.2, 0) is 22.2 Å². The lowest BCUT2D eigenvalue weighted by atomic mass is 10.1. The third-order valence-corrected chi connectivity index (χ3v) is 4.96. The van der Waals surface area contributed by atoms with Crippen molar-refractivity contribution in [1.29, 1.82) is 0 Å². The number of nitrogens with zero attached hydrogens (tertiary/aromatic N) is 2. The molecule has 0 bridgehead atoms. The maximum absolute atomic E-state index is 13.1. The Hall–Kier alpha value is -3.62. The second kappa shape index (κ2) is 8.86. The van der Waals surface area contributed by atoms with Crippen molar-refractivity contribution < 1.29 is 22.8 Å². The average Bonchev–Trinajstić information content (AvgIpc) is 2.97. The highest BCUT2D eigenvalue weighted by molar-refractivity contribution is 5.99. The van der Waals surface area contributed by atoms with Crippen LogP contribution in [0.1, 0.15) is 35.0 Å². The van der Waals surface area contributed by atoms with Gasteiger partial charge in [0.1, 0.15) is 0 Å². The van der Waals surface area contributed by atoms with Gasteiger partial charge in [0.25, 0.3) is 0 Å². The van der Waals surface area contributed by atoms with Gasteiger partial charge in [-0.15, -0.1) is 0 Å². The topological polar surface area (TPSA) is 76.0 Å². The first-order valence-electron chi connectivity index (χ1n) is 9.86. The summed E-state index contributed by atoms with van der Waals surface area (Å²) >= 11 is 0. The van der Waals surface area contributed by atoms with Crippen LogP contribution in [0.2, 0.25) is 0 Å². The summed E-state index contributed by atoms with van der Waals surface area (Å²) in [5, 5.41) is 9.82. The van der Waals surface area contributed by atoms with Gasteiger partial charge in [-0.3, -0.25) is 9.59 Å². The van der Waals surface area contributed by atoms with Crippen molar-refractivity contribution in [3.63, 3.8) is 0 Å². The van der Waals surface area contributed by atoms with Crippen molar-refractivity contribution in [3.8, 4) is 5.69 Å². The van der Waals surface area contributed by atoms with Crippen LogP contribution in [0.3, 0.4) is 0 Å². The molecule has 0 saturated carbocycles. The number of aryl methyl sites for hydroxylation is 2. The summed E-state index contributed by atoms with van der Waals surface area (Å²) in [6.45, 7) is 6.65. The zero-order chi connectivity index (χ0) is 23.6. The number of benzene rings is 2. The van der Waals surface area contributed by atoms with Gasteiger partial charge in [0.15, 0.2) is 0 Å². The highest BCUT2D eigenvalue weighted by Gasteiger charge is 2.30. The predicted molar refractivity (Wildman–Crippen MR) is 116 cm³/mol. The van der Waals surface area contributed by atoms with Crippen LogP contribution in [0.25, 0.3) is 5.69 Å². The van der Waals surface area contributed by atoms with E-state index in [4.69, 9.17) is 0 Å². The summed E-state index contributed by atoms with van der Waals surface area (Å²) in [6, 6.07) is 10.1. The van der Waals surface area contributed by atoms with E-state index in [1.807, 2.05) is 13.0 Å². The van der Waals surface area contributed by atoms with Gasteiger partial charge in [-0.2, -0.15) is 18.3 Å². The van der Waals surface area contributed by atoms with Crippen molar-refractivity contribution in [1.82, 2.24) is 9.78 Å². The van der Waals surface area contributed by atoms with E-state index < -0.39 is 11.7 Å². The van der Waals surface area contributed by atoms with Crippen LogP contribution in [0.5, 0.6) is 0 Å². The van der Waals surface area contributed by atoms with Crippen LogP contribution in [-0.4, -0.2) is 21.6 Å². The zero-order valence-electron chi connectivity index (χ0n) is 18.1. The van der Waals surface area contributed by atoms with Crippen molar-refractivity contribution >= 4 is 23.2 Å². The number of amides is 2. The van der Waals surface area contributed by atoms with Gasteiger partial charge in [-0.1, -0.05) is 12.1 Å². The molecule has 2 aromatic carbocycles. The van der Waals surface area contributed by atoms with Crippen molar-refractivity contribution in [2.45, 2.75) is 40.3 Å². The molecule has 2 amide bonds. The first-order valence-corrected chi connectivity index (χ1v) is 9.86. The SMILES string of the molecule is CC(=O)Nc1ccc(C)cc1NC(=O)Cc1c(C)nn(-c2cccc(C(F)(F)F)c2)c1C. The zero-order valence-corrected chi connectivity index (χ0v) is 18.1. The molecule has 0 fully saturated rings. The fourth-order valence-electron chi connectivity index (χ4n) is 3.41. The lowest BCUT2D eigenvalue weighted by Crippen LogP contribution is -2.17. The number of carbonyl (C=O) groups excluding carboxylic acids is 2. The fraction of sp³-hybridized carbons (Fsp3) is 0.261. The number of alkyl halides is 3. The average molecular weight is 444 g/mol. The molecule has 0 aliphatic carbocycles. The molecule has 32 heavy (non-hydrogen) atoms. The van der Waals surface area contributed by atoms with Crippen LogP contribution < -0.4 is 10.6 Å². The monoisotopic (exact) mass is 444 g/mol. The summed E-state index contributed by atoms with van der Waals surface area (Å²) in [7, 11) is 0. The molecule has 0 aliphatic rings. The van der Waals surface area contributed by atoms with E-state index in [-0.39, 0.29) is 23.9 Å². The Labute approximate surface area is 183 Å². The minimum absolute atomic E-state index is 0.0237. The smallest absolute Gasteiger partial charge is 0.325 e. The number of hydrogen-bond acceptors (Lipinski definition) is 3. The third kappa shape index (κ3) is 5.16. The third-order valence-electron chi connectivity index (χ3n) is 4.96. The summed E-state index contributed by atoms with van der Waals surface area (Å²) < 4.78 is 40.6. The maximum Gasteiger partial charge on any atom is 0.416 e. The van der Waals surface area contributed by atoms with E-state index in [1.54, 1.807) is 26.0 Å². The van der Waals surface area contributed by atoms with Crippen molar-refractivity contribution in [2.75, 3.05) is 10.6 Å². The molecule has 0 unspecified atom stereocenters. The number of carbonyl (C=O) groups is 2. The molecule has 9 heteroatoms. The second-order valence-corrected chi connectivity index (χ2v) is 7.56. The van der Waals surface area contributed by atoms with E-state index >= 15 is 0 Å². The summed E-state index contributed by atoms with van der Waals surface area (Å²) in [6.07, 6.45) is -4.49. The molecule has 3 aromatic rings. The van der Waals surface area contributed by atoms with E-state index in [0.717, 1.165) is 17.7 Å². The molecular weight excluding hydrogens is 421 g/mol. The molecule has 0 radical (unpaired) electrons. The predicted octanol–water partition coefficient (Wildman–Crippen LogP) is 4.96. The molecule has 1 heterocycles. The van der Waals surface area contributed by atoms with Crippen LogP contribution in [0.15, 0.2) is 42.5 Å². The minimum Gasteiger partial charge on any atom is -0.325 e. The molecule has 3 rings (SSSR count). The van der Waals surface area contributed by atoms with E-state index in [1.165, 1.54) is 23.7 Å². The van der Waals surface area contributed by atoms with Gasteiger partial charge < -0.3 is 10.6 Å². The number of anilines is 2. The van der Waals surface area contributed by atoms with Gasteiger partial charge in [-0.25, -0.2) is 4.68 Å². The molecule has 0 atom stereocenters. The number of hydrogen-bond donors (Lipinski definition) is 2. The number of nitrogens with one attached hydrogen (secondary N) is 2. The Kier molecular flexibility index (Phi) is 6.38. The Morgan fingerprint density at radius 2 is 1.72 bits per heavy atom. The van der Waals surface area contributed by atoms with Gasteiger partial charge >= 0.3 is 6.18 Å². The molecule has 2 N–H and O–H groups in total. The Bertz CT molecular complexity index is 1180. The van der Waals surface area contributed by atoms with Crippen LogP contribution in [0, 0.1) is 20.8 Å². The van der Waals surface area contributed by atoms with E-state index in [2.05, 4.69) is 15.7 Å². The quantitative estimate of drug-likeness (QED) is 0.584. The highest BCUT2D eigenvalue weighted by atomic mass is 19.4. The molecule has 0 aliphatic heterocycles. The molecule has 0 saturated heterocycles. The summed E-state index contributed by atoms with van der Waals surface area (Å²) in [4.78, 5) is 24.2. The lowest BCUT2D eigenvalue weighted by Gasteiger charge is -2.13. The highest BCUT2D eigenvalue weighted by Crippen LogP contribution is 2.31. The minimum atomic E-state index is -4.46. The van der Waals surface area contributed by atoms with Crippen molar-refractivity contribution in [2.24, 2.45) is 0 Å². The van der Waals surface area contributed by atoms with E-state index in [0.29, 0.717) is 28.3 Å². The van der Waals surface area contributed by atoms with Gasteiger partial charge in [-0.05, 0) is 56.7 Å². The Morgan fingerprint density at radius 1 is 1.00 bits per heavy atom. The van der Waals surface area contributed by atoms with Crippen molar-refractivity contribution in [3.05, 3.63) is 70.5 Å². The number of halogens is 3. The molecule has 1 aromatic heterocycles. The van der Waals surface area contributed by atoms with Gasteiger partial charge in [0.05, 0.1) is 34.7 Å². The van der Waals surface area contributed by atoms with Crippen LogP contribution >= 0.6 is 0 Å². The fourth-order valence-corrected chi connectivity index (χ4v) is 3.41. The first-order chi connectivity index (χ1) is 15.0. The number of rotatable bonds is 5. The van der Waals surface area contributed by atoms with Gasteiger partial charge in [0.2, 0.25) is 11.8 Å². The second-order valence-electron chi connectivity index (χ2n) is 7.56. The first kappa shape index (κ1) is 23.1. The normalized spacial score (nSPS) is 11.3. The summed E-state index contributed by atoms with van der Waals surface area (Å²) in [5.74, 6) is -0.601. The molecule has 168 valence electrons. The Balaban J connectivity index is 1.86. The lowest BCUT2D eigenvalue weighted by molar-refractivity contribution is -0.137. The number of aromatic nitrogens is 2. The Morgan fingerprint density at radius 3 is 2.38 bits per heavy atom. The molecule has 0 spiro atoms. The van der Waals surface area contributed by atoms with Gasteiger partial charge in [0, 0.05) is 18.2 Å². The molecule has 6 nitrogen and oxygen atoms in total. The maximum atomic E-state index is 13.1. The largest absolute Gasteiger partial charge is 0.416 e. The van der Waals surface area contributed by atoms with Crippen LogP contribution in [0.4, 0.5) is 24.5 Å². The molecular formula is C23H23F3N4O2. The van der Waals surface area contributed by atoms with E-state index in [9.17, 15) is 22.8 Å². The standard InChI is InChI=1S/C23H23F3N4O2/c1-13-8-9-20(27-16(4)31)21(10-13)28-22(32)12-19-14(2)29-30(15(19)3)18-7-5-6-17(11-18)23(24,25)26/h5-11H,12H2,1-4H3,(H,27,31)(H,28,32). The summed E-state index contributed by atoms with van der Waals surface area (Å²) in [5.41, 5.74) is 3.07.